The van der Waals surface area contributed by atoms with Gasteiger partial charge in [0, 0.05) is 18.0 Å². The maximum Gasteiger partial charge on any atom is 0.303 e. The van der Waals surface area contributed by atoms with Crippen molar-refractivity contribution < 1.29 is 14.7 Å². The first kappa shape index (κ1) is 14.6. The fourth-order valence-corrected chi connectivity index (χ4v) is 2.36. The molecule has 6 heteroatoms. The predicted molar refractivity (Wildman–Crippen MR) is 69.3 cm³/mol. The van der Waals surface area contributed by atoms with E-state index in [2.05, 4.69) is 10.3 Å². The second kappa shape index (κ2) is 5.95. The number of nitrogens with one attached hydrogen (secondary N) is 1. The van der Waals surface area contributed by atoms with Crippen molar-refractivity contribution in [2.45, 2.75) is 39.7 Å². The number of hydrogen-bond acceptors (Lipinski definition) is 4. The van der Waals surface area contributed by atoms with Crippen molar-refractivity contribution in [1.29, 1.82) is 0 Å². The van der Waals surface area contributed by atoms with Crippen LogP contribution in [0.4, 0.5) is 0 Å². The summed E-state index contributed by atoms with van der Waals surface area (Å²) < 4.78 is 0. The summed E-state index contributed by atoms with van der Waals surface area (Å²) in [4.78, 5) is 26.6. The number of hydrogen-bond donors (Lipinski definition) is 2. The Labute approximate surface area is 110 Å². The van der Waals surface area contributed by atoms with Crippen molar-refractivity contribution >= 4 is 23.2 Å². The molecule has 0 spiro atoms. The van der Waals surface area contributed by atoms with E-state index in [0.717, 1.165) is 5.01 Å². The first-order valence-corrected chi connectivity index (χ1v) is 6.59. The zero-order chi connectivity index (χ0) is 13.8. The fraction of sp³-hybridized carbons (Fsp3) is 0.583. The van der Waals surface area contributed by atoms with E-state index in [1.165, 1.54) is 11.3 Å². The van der Waals surface area contributed by atoms with Gasteiger partial charge in [-0.25, -0.2) is 4.98 Å². The number of carbonyl (C=O) groups excluding carboxylic acids is 1. The second-order valence-electron chi connectivity index (χ2n) is 5.07. The van der Waals surface area contributed by atoms with Crippen molar-refractivity contribution in [2.24, 2.45) is 5.41 Å². The topological polar surface area (TPSA) is 79.3 Å². The van der Waals surface area contributed by atoms with E-state index >= 15 is 0 Å². The summed E-state index contributed by atoms with van der Waals surface area (Å²) in [7, 11) is 0. The number of aliphatic carboxylic acids is 1. The Balaban J connectivity index is 2.49. The molecule has 0 bridgehead atoms. The number of amides is 1. The molecule has 0 aliphatic rings. The number of carbonyl (C=O) groups is 2. The molecule has 1 rings (SSSR count). The van der Waals surface area contributed by atoms with Gasteiger partial charge < -0.3 is 10.4 Å². The summed E-state index contributed by atoms with van der Waals surface area (Å²) in [6, 6.07) is -0.141. The number of thiazole rings is 1. The largest absolute Gasteiger partial charge is 0.481 e. The van der Waals surface area contributed by atoms with Gasteiger partial charge in [0.25, 0.3) is 0 Å². The predicted octanol–water partition coefficient (Wildman–Crippen LogP) is 2.21. The van der Waals surface area contributed by atoms with Gasteiger partial charge in [0.1, 0.15) is 5.01 Å². The molecule has 5 nitrogen and oxygen atoms in total. The van der Waals surface area contributed by atoms with Crippen molar-refractivity contribution in [3.63, 3.8) is 0 Å². The smallest absolute Gasteiger partial charge is 0.303 e. The monoisotopic (exact) mass is 270 g/mol. The summed E-state index contributed by atoms with van der Waals surface area (Å²) >= 11 is 1.48. The molecule has 1 heterocycles. The molecule has 0 fully saturated rings. The van der Waals surface area contributed by atoms with Crippen molar-refractivity contribution in [1.82, 2.24) is 10.3 Å². The molecule has 1 atom stereocenters. The lowest BCUT2D eigenvalue weighted by Crippen LogP contribution is -2.31. The van der Waals surface area contributed by atoms with Crippen molar-refractivity contribution in [3.8, 4) is 0 Å². The van der Waals surface area contributed by atoms with Crippen LogP contribution in [-0.2, 0) is 9.59 Å². The van der Waals surface area contributed by atoms with Crippen LogP contribution >= 0.6 is 11.3 Å². The van der Waals surface area contributed by atoms with Gasteiger partial charge in [-0.1, -0.05) is 13.8 Å². The molecule has 100 valence electrons. The normalized spacial score (nSPS) is 13.1. The fourth-order valence-electron chi connectivity index (χ4n) is 1.71. The third kappa shape index (κ3) is 4.83. The summed E-state index contributed by atoms with van der Waals surface area (Å²) in [5.74, 6) is -1.04. The van der Waals surface area contributed by atoms with Crippen LogP contribution in [0.1, 0.15) is 44.7 Å². The minimum Gasteiger partial charge on any atom is -0.481 e. The highest BCUT2D eigenvalue weighted by atomic mass is 32.1. The minimum absolute atomic E-state index is 0.0218. The van der Waals surface area contributed by atoms with Gasteiger partial charge in [-0.05, 0) is 12.3 Å². The molecule has 2 N–H and O–H groups in total. The summed E-state index contributed by atoms with van der Waals surface area (Å²) in [5.41, 5.74) is -0.543. The summed E-state index contributed by atoms with van der Waals surface area (Å²) in [6.45, 7) is 5.41. The van der Waals surface area contributed by atoms with Gasteiger partial charge in [0.15, 0.2) is 0 Å². The molecule has 0 aliphatic heterocycles. The van der Waals surface area contributed by atoms with E-state index in [1.54, 1.807) is 20.0 Å². The molecule has 0 saturated heterocycles. The first-order chi connectivity index (χ1) is 8.30. The molecule has 1 aromatic rings. The highest BCUT2D eigenvalue weighted by Gasteiger charge is 2.26. The van der Waals surface area contributed by atoms with E-state index in [9.17, 15) is 9.59 Å². The molecular weight excluding hydrogens is 252 g/mol. The van der Waals surface area contributed by atoms with E-state index in [1.807, 2.05) is 12.3 Å². The Bertz CT molecular complexity index is 415. The Morgan fingerprint density at radius 2 is 2.17 bits per heavy atom. The average Bonchev–Trinajstić information content (AvgIpc) is 2.65. The van der Waals surface area contributed by atoms with Crippen LogP contribution in [0.15, 0.2) is 11.6 Å². The maximum absolute atomic E-state index is 11.8. The van der Waals surface area contributed by atoms with Crippen molar-refractivity contribution in [3.05, 3.63) is 16.6 Å². The molecule has 1 unspecified atom stereocenters. The summed E-state index contributed by atoms with van der Waals surface area (Å²) in [6.07, 6.45) is 1.86. The quantitative estimate of drug-likeness (QED) is 0.830. The number of aromatic nitrogens is 1. The van der Waals surface area contributed by atoms with Crippen LogP contribution < -0.4 is 5.32 Å². The van der Waals surface area contributed by atoms with Crippen LogP contribution in [0.3, 0.4) is 0 Å². The van der Waals surface area contributed by atoms with Gasteiger partial charge in [-0.3, -0.25) is 9.59 Å². The minimum atomic E-state index is -0.888. The van der Waals surface area contributed by atoms with E-state index < -0.39 is 11.4 Å². The lowest BCUT2D eigenvalue weighted by Gasteiger charge is -2.22. The zero-order valence-corrected chi connectivity index (χ0v) is 11.6. The Kier molecular flexibility index (Phi) is 4.84. The van der Waals surface area contributed by atoms with Gasteiger partial charge in [0.2, 0.25) is 5.91 Å². The molecular formula is C12H18N2O3S. The number of rotatable bonds is 6. The average molecular weight is 270 g/mol. The van der Waals surface area contributed by atoms with Crippen LogP contribution in [0.2, 0.25) is 0 Å². The van der Waals surface area contributed by atoms with Gasteiger partial charge >= 0.3 is 5.97 Å². The number of nitrogens with zero attached hydrogens (tertiary/aromatic N) is 1. The highest BCUT2D eigenvalue weighted by Crippen LogP contribution is 2.25. The summed E-state index contributed by atoms with van der Waals surface area (Å²) in [5, 5.41) is 14.3. The first-order valence-electron chi connectivity index (χ1n) is 5.71. The van der Waals surface area contributed by atoms with Crippen molar-refractivity contribution in [2.75, 3.05) is 0 Å². The lowest BCUT2D eigenvalue weighted by atomic mass is 9.85. The number of carboxylic acid groups (broad SMARTS) is 1. The molecule has 18 heavy (non-hydrogen) atoms. The van der Waals surface area contributed by atoms with Gasteiger partial charge in [-0.15, -0.1) is 11.3 Å². The molecule has 0 radical (unpaired) electrons. The molecule has 1 amide bonds. The molecule has 0 saturated carbocycles. The standard InChI is InChI=1S/C12H18N2O3S/c1-8(11-13-4-5-18-11)14-9(15)6-12(2,3)7-10(16)17/h4-5,8H,6-7H2,1-3H3,(H,14,15)(H,16,17). The molecule has 0 aromatic carbocycles. The number of carboxylic acids is 1. The third-order valence-electron chi connectivity index (χ3n) is 2.47. The van der Waals surface area contributed by atoms with Crippen LogP contribution in [-0.4, -0.2) is 22.0 Å². The van der Waals surface area contributed by atoms with E-state index in [4.69, 9.17) is 5.11 Å². The van der Waals surface area contributed by atoms with Gasteiger partial charge in [-0.2, -0.15) is 0 Å². The second-order valence-corrected chi connectivity index (χ2v) is 6.00. The Morgan fingerprint density at radius 3 is 2.67 bits per heavy atom. The third-order valence-corrected chi connectivity index (χ3v) is 3.43. The SMILES string of the molecule is CC(NC(=O)CC(C)(C)CC(=O)O)c1nccs1. The van der Waals surface area contributed by atoms with Crippen LogP contribution in [0.5, 0.6) is 0 Å². The molecule has 0 aliphatic carbocycles. The van der Waals surface area contributed by atoms with E-state index in [-0.39, 0.29) is 24.8 Å². The molecule has 1 aromatic heterocycles. The van der Waals surface area contributed by atoms with Gasteiger partial charge in [0.05, 0.1) is 12.5 Å². The Hall–Kier alpha value is -1.43. The van der Waals surface area contributed by atoms with Crippen LogP contribution in [0, 0.1) is 5.41 Å². The Morgan fingerprint density at radius 1 is 1.50 bits per heavy atom. The zero-order valence-electron chi connectivity index (χ0n) is 10.8. The maximum atomic E-state index is 11.8. The van der Waals surface area contributed by atoms with Crippen LogP contribution in [0.25, 0.3) is 0 Å². The lowest BCUT2D eigenvalue weighted by molar-refractivity contribution is -0.139. The highest BCUT2D eigenvalue weighted by molar-refractivity contribution is 7.09. The van der Waals surface area contributed by atoms with E-state index in [0.29, 0.717) is 0 Å².